The zero-order valence-electron chi connectivity index (χ0n) is 12.6. The van der Waals surface area contributed by atoms with Crippen LogP contribution in [0.4, 0.5) is 5.69 Å². The predicted molar refractivity (Wildman–Crippen MR) is 78.0 cm³/mol. The number of rotatable bonds is 5. The van der Waals surface area contributed by atoms with Crippen LogP contribution < -0.4 is 19.9 Å². The van der Waals surface area contributed by atoms with Crippen molar-refractivity contribution in [3.8, 4) is 11.5 Å². The van der Waals surface area contributed by atoms with Gasteiger partial charge >= 0.3 is 0 Å². The van der Waals surface area contributed by atoms with Crippen molar-refractivity contribution in [3.05, 3.63) is 30.4 Å². The van der Waals surface area contributed by atoms with E-state index < -0.39 is 35.9 Å². The van der Waals surface area contributed by atoms with E-state index in [0.717, 1.165) is 0 Å². The Hall–Kier alpha value is -2.54. The number of nitrogens with one attached hydrogen (secondary N) is 1. The number of carbonyl (C=O) groups is 2. The molecule has 0 aliphatic carbocycles. The van der Waals surface area contributed by atoms with E-state index in [0.29, 0.717) is 17.2 Å². The lowest BCUT2D eigenvalue weighted by molar-refractivity contribution is -0.313. The third kappa shape index (κ3) is 2.63. The van der Waals surface area contributed by atoms with E-state index in [1.54, 1.807) is 30.4 Å². The molecule has 122 valence electrons. The van der Waals surface area contributed by atoms with Crippen LogP contribution in [0, 0.1) is 11.8 Å². The van der Waals surface area contributed by atoms with Crippen LogP contribution in [0.15, 0.2) is 30.4 Å². The van der Waals surface area contributed by atoms with Crippen LogP contribution in [-0.2, 0) is 14.3 Å². The number of carbonyl (C=O) groups excluding carboxylic acids is 2. The molecule has 2 aliphatic rings. The van der Waals surface area contributed by atoms with Crippen molar-refractivity contribution < 1.29 is 28.9 Å². The van der Waals surface area contributed by atoms with Crippen LogP contribution in [0.1, 0.15) is 0 Å². The topological polar surface area (TPSA) is 96.9 Å². The Balaban J connectivity index is 1.84. The average Bonchev–Trinajstić information content (AvgIpc) is 3.15. The molecular weight excluding hydrogens is 302 g/mol. The fourth-order valence-electron chi connectivity index (χ4n) is 3.03. The summed E-state index contributed by atoms with van der Waals surface area (Å²) in [6, 6.07) is 4.96. The number of methoxy groups -OCH3 is 2. The lowest BCUT2D eigenvalue weighted by atomic mass is 9.82. The number of ether oxygens (including phenoxy) is 3. The van der Waals surface area contributed by atoms with Crippen molar-refractivity contribution in [2.75, 3.05) is 19.5 Å². The minimum absolute atomic E-state index is 0.403. The molecule has 7 heteroatoms. The third-order valence-electron chi connectivity index (χ3n) is 4.14. The molecule has 2 bridgehead atoms. The molecule has 2 heterocycles. The SMILES string of the molecule is COc1ccc(OC)c(NC(=O)[C@@H]2[C@@H](C(=O)[O-])[C@H]3C=C[C@@H]2O3)c1. The van der Waals surface area contributed by atoms with E-state index in [2.05, 4.69) is 5.32 Å². The molecule has 2 aliphatic heterocycles. The zero-order chi connectivity index (χ0) is 16.6. The fourth-order valence-corrected chi connectivity index (χ4v) is 3.03. The van der Waals surface area contributed by atoms with Crippen LogP contribution in [-0.4, -0.2) is 38.3 Å². The Bertz CT molecular complexity index is 671. The number of aliphatic carboxylic acids is 1. The average molecular weight is 318 g/mol. The molecule has 7 nitrogen and oxygen atoms in total. The van der Waals surface area contributed by atoms with Gasteiger partial charge in [-0.25, -0.2) is 0 Å². The van der Waals surface area contributed by atoms with Crippen molar-refractivity contribution in [2.24, 2.45) is 11.8 Å². The lowest BCUT2D eigenvalue weighted by Crippen LogP contribution is -2.45. The minimum Gasteiger partial charge on any atom is -0.550 e. The van der Waals surface area contributed by atoms with Gasteiger partial charge in [0.15, 0.2) is 0 Å². The van der Waals surface area contributed by atoms with Gasteiger partial charge in [-0.2, -0.15) is 0 Å². The van der Waals surface area contributed by atoms with Gasteiger partial charge in [0.25, 0.3) is 0 Å². The van der Waals surface area contributed by atoms with Crippen molar-refractivity contribution >= 4 is 17.6 Å². The van der Waals surface area contributed by atoms with Crippen LogP contribution in [0.5, 0.6) is 11.5 Å². The summed E-state index contributed by atoms with van der Waals surface area (Å²) < 4.78 is 15.8. The summed E-state index contributed by atoms with van der Waals surface area (Å²) in [5, 5.41) is 14.0. The number of amides is 1. The zero-order valence-corrected chi connectivity index (χ0v) is 12.6. The molecule has 0 unspecified atom stereocenters. The summed E-state index contributed by atoms with van der Waals surface area (Å²) in [4.78, 5) is 23.9. The normalized spacial score (nSPS) is 27.7. The smallest absolute Gasteiger partial charge is 0.231 e. The second-order valence-corrected chi connectivity index (χ2v) is 5.38. The molecule has 3 rings (SSSR count). The number of fused-ring (bicyclic) bond motifs is 2. The van der Waals surface area contributed by atoms with E-state index in [1.807, 2.05) is 0 Å². The number of carboxylic acid groups (broad SMARTS) is 1. The molecule has 0 aromatic heterocycles. The van der Waals surface area contributed by atoms with Gasteiger partial charge in [0.1, 0.15) is 11.5 Å². The number of hydrogen-bond donors (Lipinski definition) is 1. The Morgan fingerprint density at radius 3 is 2.43 bits per heavy atom. The summed E-state index contributed by atoms with van der Waals surface area (Å²) in [7, 11) is 2.99. The highest BCUT2D eigenvalue weighted by Crippen LogP contribution is 2.40. The van der Waals surface area contributed by atoms with Gasteiger partial charge < -0.3 is 29.4 Å². The van der Waals surface area contributed by atoms with Crippen molar-refractivity contribution in [1.82, 2.24) is 0 Å². The van der Waals surface area contributed by atoms with Gasteiger partial charge in [-0.1, -0.05) is 12.2 Å². The maximum Gasteiger partial charge on any atom is 0.231 e. The van der Waals surface area contributed by atoms with Gasteiger partial charge in [-0.05, 0) is 12.1 Å². The molecule has 1 fully saturated rings. The maximum absolute atomic E-state index is 12.6. The highest BCUT2D eigenvalue weighted by atomic mass is 16.5. The predicted octanol–water partition coefficient (Wildman–Crippen LogP) is -0.0382. The van der Waals surface area contributed by atoms with Gasteiger partial charge in [0, 0.05) is 18.0 Å². The summed E-state index contributed by atoms with van der Waals surface area (Å²) in [6.45, 7) is 0. The molecule has 4 atom stereocenters. The van der Waals surface area contributed by atoms with E-state index in [4.69, 9.17) is 14.2 Å². The molecule has 23 heavy (non-hydrogen) atoms. The van der Waals surface area contributed by atoms with Crippen molar-refractivity contribution in [2.45, 2.75) is 12.2 Å². The Labute approximate surface area is 132 Å². The first-order chi connectivity index (χ1) is 11.0. The quantitative estimate of drug-likeness (QED) is 0.765. The fraction of sp³-hybridized carbons (Fsp3) is 0.375. The molecule has 1 aromatic carbocycles. The Morgan fingerprint density at radius 1 is 1.13 bits per heavy atom. The Kier molecular flexibility index (Phi) is 3.96. The number of benzene rings is 1. The van der Waals surface area contributed by atoms with Gasteiger partial charge in [-0.3, -0.25) is 4.79 Å². The van der Waals surface area contributed by atoms with Crippen molar-refractivity contribution in [1.29, 1.82) is 0 Å². The molecule has 1 amide bonds. The molecular formula is C16H16NO6-. The van der Waals surface area contributed by atoms with E-state index in [-0.39, 0.29) is 0 Å². The monoisotopic (exact) mass is 318 g/mol. The summed E-state index contributed by atoms with van der Waals surface area (Å²) in [6.07, 6.45) is 2.19. The molecule has 1 aromatic rings. The van der Waals surface area contributed by atoms with Gasteiger partial charge in [0.2, 0.25) is 5.91 Å². The maximum atomic E-state index is 12.6. The molecule has 1 N–H and O–H groups in total. The first kappa shape index (κ1) is 15.4. The minimum atomic E-state index is -1.29. The van der Waals surface area contributed by atoms with Gasteiger partial charge in [-0.15, -0.1) is 0 Å². The second kappa shape index (κ2) is 5.92. The highest BCUT2D eigenvalue weighted by molar-refractivity contribution is 5.97. The Morgan fingerprint density at radius 2 is 1.83 bits per heavy atom. The van der Waals surface area contributed by atoms with E-state index in [1.165, 1.54) is 14.2 Å². The summed E-state index contributed by atoms with van der Waals surface area (Å²) in [5.74, 6) is -2.60. The van der Waals surface area contributed by atoms with Crippen LogP contribution in [0.2, 0.25) is 0 Å². The van der Waals surface area contributed by atoms with Crippen LogP contribution >= 0.6 is 0 Å². The third-order valence-corrected chi connectivity index (χ3v) is 4.14. The highest BCUT2D eigenvalue weighted by Gasteiger charge is 2.50. The molecule has 0 radical (unpaired) electrons. The summed E-state index contributed by atoms with van der Waals surface area (Å²) in [5.41, 5.74) is 0.403. The number of carboxylic acids is 1. The molecule has 0 saturated carbocycles. The van der Waals surface area contributed by atoms with E-state index in [9.17, 15) is 14.7 Å². The van der Waals surface area contributed by atoms with Crippen LogP contribution in [0.25, 0.3) is 0 Å². The lowest BCUT2D eigenvalue weighted by Gasteiger charge is -2.25. The standard InChI is InChI=1S/C16H17NO6/c1-21-8-3-4-10(22-2)9(7-8)17-15(18)13-11-5-6-12(23-11)14(13)16(19)20/h3-7,11-14H,1-2H3,(H,17,18)(H,19,20)/p-1/t11-,12+,13-,14-/m0/s1. The second-order valence-electron chi connectivity index (χ2n) is 5.38. The van der Waals surface area contributed by atoms with Gasteiger partial charge in [0.05, 0.1) is 38.0 Å². The molecule has 1 saturated heterocycles. The molecule has 0 spiro atoms. The largest absolute Gasteiger partial charge is 0.550 e. The number of hydrogen-bond acceptors (Lipinski definition) is 6. The van der Waals surface area contributed by atoms with E-state index >= 15 is 0 Å². The van der Waals surface area contributed by atoms with Crippen molar-refractivity contribution in [3.63, 3.8) is 0 Å². The first-order valence-electron chi connectivity index (χ1n) is 7.12. The van der Waals surface area contributed by atoms with Crippen LogP contribution in [0.3, 0.4) is 0 Å². The summed E-state index contributed by atoms with van der Waals surface area (Å²) >= 11 is 0. The number of anilines is 1. The first-order valence-corrected chi connectivity index (χ1v) is 7.12.